The largest absolute Gasteiger partial charge is 0.342 e. The van der Waals surface area contributed by atoms with Gasteiger partial charge in [-0.1, -0.05) is 12.1 Å². The molecule has 0 saturated carbocycles. The lowest BCUT2D eigenvalue weighted by molar-refractivity contribution is -0.129. The molecular weight excluding hydrogens is 274 g/mol. The van der Waals surface area contributed by atoms with Gasteiger partial charge >= 0.3 is 0 Å². The molecule has 22 heavy (non-hydrogen) atoms. The van der Waals surface area contributed by atoms with E-state index in [9.17, 15) is 4.79 Å². The fourth-order valence-electron chi connectivity index (χ4n) is 3.52. The van der Waals surface area contributed by atoms with Gasteiger partial charge in [0, 0.05) is 19.6 Å². The number of nitriles is 1. The number of likely N-dealkylation sites (tertiary alicyclic amines) is 2. The summed E-state index contributed by atoms with van der Waals surface area (Å²) in [7, 11) is 0. The van der Waals surface area contributed by atoms with E-state index in [0.717, 1.165) is 31.6 Å². The third kappa shape index (κ3) is 3.66. The molecule has 1 amide bonds. The highest BCUT2D eigenvalue weighted by Crippen LogP contribution is 2.20. The Hall–Kier alpha value is -1.86. The van der Waals surface area contributed by atoms with Gasteiger partial charge < -0.3 is 9.80 Å². The second-order valence-corrected chi connectivity index (χ2v) is 6.49. The Morgan fingerprint density at radius 3 is 2.59 bits per heavy atom. The van der Waals surface area contributed by atoms with Crippen LogP contribution in [0.1, 0.15) is 30.4 Å². The summed E-state index contributed by atoms with van der Waals surface area (Å²) >= 11 is 0. The van der Waals surface area contributed by atoms with E-state index < -0.39 is 0 Å². The summed E-state index contributed by atoms with van der Waals surface area (Å²) in [6.07, 6.45) is 4.24. The molecule has 4 heteroatoms. The van der Waals surface area contributed by atoms with Crippen LogP contribution in [0.4, 0.5) is 0 Å². The second kappa shape index (κ2) is 6.93. The standard InChI is InChI=1S/C18H23N3O/c19-12-16-5-3-15(4-6-16)11-18(22)21-10-7-17(14-21)13-20-8-1-2-9-20/h3-6,17H,1-2,7-11,13-14H2. The molecule has 1 aromatic carbocycles. The molecule has 2 aliphatic rings. The van der Waals surface area contributed by atoms with Crippen molar-refractivity contribution in [3.05, 3.63) is 35.4 Å². The lowest BCUT2D eigenvalue weighted by Gasteiger charge is -2.20. The Balaban J connectivity index is 1.49. The summed E-state index contributed by atoms with van der Waals surface area (Å²) in [6.45, 7) is 5.42. The summed E-state index contributed by atoms with van der Waals surface area (Å²) in [4.78, 5) is 17.0. The van der Waals surface area contributed by atoms with Crippen molar-refractivity contribution in [2.75, 3.05) is 32.7 Å². The van der Waals surface area contributed by atoms with Gasteiger partial charge in [-0.3, -0.25) is 4.79 Å². The van der Waals surface area contributed by atoms with Crippen LogP contribution < -0.4 is 0 Å². The summed E-state index contributed by atoms with van der Waals surface area (Å²) in [5.74, 6) is 0.858. The number of nitrogens with zero attached hydrogens (tertiary/aromatic N) is 3. The maximum absolute atomic E-state index is 12.4. The summed E-state index contributed by atoms with van der Waals surface area (Å²) in [5, 5.41) is 8.80. The molecule has 2 heterocycles. The molecule has 0 aliphatic carbocycles. The third-order valence-corrected chi connectivity index (χ3v) is 4.79. The molecule has 0 bridgehead atoms. The molecule has 0 spiro atoms. The van der Waals surface area contributed by atoms with Crippen molar-refractivity contribution in [2.45, 2.75) is 25.7 Å². The van der Waals surface area contributed by atoms with Gasteiger partial charge in [0.2, 0.25) is 5.91 Å². The van der Waals surface area contributed by atoms with Gasteiger partial charge in [0.15, 0.2) is 0 Å². The molecule has 2 saturated heterocycles. The predicted molar refractivity (Wildman–Crippen MR) is 85.2 cm³/mol. The van der Waals surface area contributed by atoms with Crippen molar-refractivity contribution in [1.29, 1.82) is 5.26 Å². The number of carbonyl (C=O) groups excluding carboxylic acids is 1. The maximum Gasteiger partial charge on any atom is 0.226 e. The molecule has 2 aliphatic heterocycles. The van der Waals surface area contributed by atoms with E-state index in [4.69, 9.17) is 5.26 Å². The maximum atomic E-state index is 12.4. The van der Waals surface area contributed by atoms with Gasteiger partial charge in [-0.25, -0.2) is 0 Å². The highest BCUT2D eigenvalue weighted by atomic mass is 16.2. The normalized spacial score (nSPS) is 22.0. The van der Waals surface area contributed by atoms with Crippen LogP contribution in [0.15, 0.2) is 24.3 Å². The van der Waals surface area contributed by atoms with Gasteiger partial charge in [-0.05, 0) is 56.0 Å². The number of benzene rings is 1. The molecule has 1 aromatic rings. The molecule has 0 radical (unpaired) electrons. The van der Waals surface area contributed by atoms with Crippen LogP contribution in [0.3, 0.4) is 0 Å². The van der Waals surface area contributed by atoms with E-state index in [1.807, 2.05) is 17.0 Å². The van der Waals surface area contributed by atoms with Crippen molar-refractivity contribution in [3.8, 4) is 6.07 Å². The highest BCUT2D eigenvalue weighted by Gasteiger charge is 2.28. The van der Waals surface area contributed by atoms with E-state index in [0.29, 0.717) is 17.9 Å². The average Bonchev–Trinajstić information content (AvgIpc) is 3.20. The zero-order chi connectivity index (χ0) is 15.4. The van der Waals surface area contributed by atoms with Gasteiger partial charge in [0.05, 0.1) is 18.1 Å². The summed E-state index contributed by atoms with van der Waals surface area (Å²) in [5.41, 5.74) is 1.63. The minimum absolute atomic E-state index is 0.216. The number of carbonyl (C=O) groups is 1. The zero-order valence-corrected chi connectivity index (χ0v) is 13.0. The molecule has 1 atom stereocenters. The predicted octanol–water partition coefficient (Wildman–Crippen LogP) is 2.05. The number of hydrogen-bond donors (Lipinski definition) is 0. The fraction of sp³-hybridized carbons (Fsp3) is 0.556. The number of amides is 1. The number of rotatable bonds is 4. The van der Waals surface area contributed by atoms with Crippen LogP contribution in [0.5, 0.6) is 0 Å². The average molecular weight is 297 g/mol. The number of hydrogen-bond acceptors (Lipinski definition) is 3. The van der Waals surface area contributed by atoms with Crippen LogP contribution >= 0.6 is 0 Å². The smallest absolute Gasteiger partial charge is 0.226 e. The van der Waals surface area contributed by atoms with Gasteiger partial charge in [0.1, 0.15) is 0 Å². The second-order valence-electron chi connectivity index (χ2n) is 6.49. The van der Waals surface area contributed by atoms with Crippen molar-refractivity contribution < 1.29 is 4.79 Å². The fourth-order valence-corrected chi connectivity index (χ4v) is 3.52. The minimum Gasteiger partial charge on any atom is -0.342 e. The Morgan fingerprint density at radius 2 is 1.91 bits per heavy atom. The molecule has 0 N–H and O–H groups in total. The lowest BCUT2D eigenvalue weighted by atomic mass is 10.1. The quantitative estimate of drug-likeness (QED) is 0.854. The van der Waals surface area contributed by atoms with E-state index in [2.05, 4.69) is 11.0 Å². The Kier molecular flexibility index (Phi) is 4.74. The third-order valence-electron chi connectivity index (χ3n) is 4.79. The van der Waals surface area contributed by atoms with E-state index in [-0.39, 0.29) is 5.91 Å². The van der Waals surface area contributed by atoms with Gasteiger partial charge in [-0.2, -0.15) is 5.26 Å². The Morgan fingerprint density at radius 1 is 1.18 bits per heavy atom. The van der Waals surface area contributed by atoms with Crippen molar-refractivity contribution in [2.24, 2.45) is 5.92 Å². The molecule has 3 rings (SSSR count). The van der Waals surface area contributed by atoms with Crippen molar-refractivity contribution >= 4 is 5.91 Å². The van der Waals surface area contributed by atoms with E-state index >= 15 is 0 Å². The molecule has 1 unspecified atom stereocenters. The lowest BCUT2D eigenvalue weighted by Crippen LogP contribution is -2.32. The monoisotopic (exact) mass is 297 g/mol. The van der Waals surface area contributed by atoms with E-state index in [1.165, 1.54) is 25.9 Å². The first-order valence-corrected chi connectivity index (χ1v) is 8.24. The minimum atomic E-state index is 0.216. The SMILES string of the molecule is N#Cc1ccc(CC(=O)N2CCC(CN3CCCC3)C2)cc1. The van der Waals surface area contributed by atoms with Gasteiger partial charge in [0.25, 0.3) is 0 Å². The van der Waals surface area contributed by atoms with Gasteiger partial charge in [-0.15, -0.1) is 0 Å². The molecule has 2 fully saturated rings. The summed E-state index contributed by atoms with van der Waals surface area (Å²) in [6, 6.07) is 9.43. The van der Waals surface area contributed by atoms with Crippen LogP contribution in [0.25, 0.3) is 0 Å². The zero-order valence-electron chi connectivity index (χ0n) is 13.0. The molecule has 116 valence electrons. The van der Waals surface area contributed by atoms with E-state index in [1.54, 1.807) is 12.1 Å². The topological polar surface area (TPSA) is 47.3 Å². The van der Waals surface area contributed by atoms with Crippen LogP contribution in [0.2, 0.25) is 0 Å². The highest BCUT2D eigenvalue weighted by molar-refractivity contribution is 5.79. The first-order valence-electron chi connectivity index (χ1n) is 8.24. The Bertz CT molecular complexity index is 555. The van der Waals surface area contributed by atoms with Crippen molar-refractivity contribution in [3.63, 3.8) is 0 Å². The van der Waals surface area contributed by atoms with Crippen LogP contribution in [0, 0.1) is 17.2 Å². The van der Waals surface area contributed by atoms with Crippen LogP contribution in [-0.2, 0) is 11.2 Å². The molecule has 0 aromatic heterocycles. The first-order chi connectivity index (χ1) is 10.7. The van der Waals surface area contributed by atoms with Crippen molar-refractivity contribution in [1.82, 2.24) is 9.80 Å². The first kappa shape index (κ1) is 15.1. The Labute approximate surface area is 132 Å². The van der Waals surface area contributed by atoms with Crippen LogP contribution in [-0.4, -0.2) is 48.4 Å². The molecular formula is C18H23N3O. The summed E-state index contributed by atoms with van der Waals surface area (Å²) < 4.78 is 0. The molecule has 4 nitrogen and oxygen atoms in total.